The molecule has 0 saturated heterocycles. The van der Waals surface area contributed by atoms with Crippen molar-refractivity contribution in [3.8, 4) is 0 Å². The first-order valence-corrected chi connectivity index (χ1v) is 8.95. The van der Waals surface area contributed by atoms with E-state index in [2.05, 4.69) is 68.2 Å². The summed E-state index contributed by atoms with van der Waals surface area (Å²) in [6.07, 6.45) is 7.56. The Labute approximate surface area is 155 Å². The van der Waals surface area contributed by atoms with E-state index >= 15 is 0 Å². The highest BCUT2D eigenvalue weighted by molar-refractivity contribution is 5.55. The zero-order chi connectivity index (χ0) is 18.5. The molecule has 1 aromatic heterocycles. The van der Waals surface area contributed by atoms with Crippen molar-refractivity contribution in [2.75, 3.05) is 0 Å². The van der Waals surface area contributed by atoms with Crippen LogP contribution < -0.4 is 0 Å². The molecule has 0 spiro atoms. The van der Waals surface area contributed by atoms with Crippen LogP contribution in [0.25, 0.3) is 6.08 Å². The summed E-state index contributed by atoms with van der Waals surface area (Å²) in [5.41, 5.74) is 7.98. The van der Waals surface area contributed by atoms with Crippen molar-refractivity contribution in [1.29, 1.82) is 0 Å². The molecule has 1 heterocycles. The number of aliphatic hydroxyl groups excluding tert-OH is 1. The van der Waals surface area contributed by atoms with Gasteiger partial charge in [-0.15, -0.1) is 0 Å². The van der Waals surface area contributed by atoms with E-state index < -0.39 is 6.10 Å². The van der Waals surface area contributed by atoms with Crippen LogP contribution in [0.4, 0.5) is 0 Å². The van der Waals surface area contributed by atoms with E-state index in [9.17, 15) is 5.11 Å². The molecule has 2 nitrogen and oxygen atoms in total. The largest absolute Gasteiger partial charge is 0.384 e. The predicted molar refractivity (Wildman–Crippen MR) is 108 cm³/mol. The van der Waals surface area contributed by atoms with Crippen LogP contribution in [0.5, 0.6) is 0 Å². The first-order valence-electron chi connectivity index (χ1n) is 8.95. The van der Waals surface area contributed by atoms with Crippen LogP contribution in [0.2, 0.25) is 0 Å². The monoisotopic (exact) mass is 343 g/mol. The fraction of sp³-hybridized carbons (Fsp3) is 0.208. The summed E-state index contributed by atoms with van der Waals surface area (Å²) < 4.78 is 0. The number of rotatable bonds is 5. The fourth-order valence-electron chi connectivity index (χ4n) is 3.04. The van der Waals surface area contributed by atoms with E-state index in [1.165, 1.54) is 22.3 Å². The van der Waals surface area contributed by atoms with E-state index in [-0.39, 0.29) is 0 Å². The fourth-order valence-corrected chi connectivity index (χ4v) is 3.04. The molecule has 3 aromatic rings. The van der Waals surface area contributed by atoms with E-state index in [0.717, 1.165) is 23.1 Å². The summed E-state index contributed by atoms with van der Waals surface area (Å²) in [6.45, 7) is 6.25. The lowest BCUT2D eigenvalue weighted by Gasteiger charge is -2.13. The Morgan fingerprint density at radius 2 is 1.69 bits per heavy atom. The summed E-state index contributed by atoms with van der Waals surface area (Å²) in [6, 6.07) is 16.7. The second-order valence-electron chi connectivity index (χ2n) is 6.90. The van der Waals surface area contributed by atoms with Gasteiger partial charge in [-0.1, -0.05) is 65.7 Å². The number of aliphatic hydroxyl groups is 1. The van der Waals surface area contributed by atoms with E-state index in [0.29, 0.717) is 0 Å². The van der Waals surface area contributed by atoms with Gasteiger partial charge in [0, 0.05) is 12.4 Å². The molecule has 0 aliphatic carbocycles. The number of hydrogen-bond acceptors (Lipinski definition) is 2. The first-order chi connectivity index (χ1) is 12.5. The van der Waals surface area contributed by atoms with Crippen LogP contribution in [-0.4, -0.2) is 10.1 Å². The molecule has 2 aromatic carbocycles. The van der Waals surface area contributed by atoms with Crippen LogP contribution in [-0.2, 0) is 6.42 Å². The molecule has 3 rings (SSSR count). The molecule has 0 bridgehead atoms. The second-order valence-corrected chi connectivity index (χ2v) is 6.90. The van der Waals surface area contributed by atoms with Gasteiger partial charge in [0.25, 0.3) is 0 Å². The van der Waals surface area contributed by atoms with Crippen LogP contribution in [0.15, 0.2) is 67.0 Å². The summed E-state index contributed by atoms with van der Waals surface area (Å²) >= 11 is 0. The number of nitrogens with zero attached hydrogens (tertiary/aromatic N) is 1. The molecule has 2 heteroatoms. The Balaban J connectivity index is 1.83. The highest BCUT2D eigenvalue weighted by atomic mass is 16.3. The highest BCUT2D eigenvalue weighted by Gasteiger charge is 2.10. The van der Waals surface area contributed by atoms with Crippen molar-refractivity contribution in [3.63, 3.8) is 0 Å². The minimum Gasteiger partial charge on any atom is -0.384 e. The van der Waals surface area contributed by atoms with Crippen molar-refractivity contribution < 1.29 is 5.11 Å². The number of benzene rings is 2. The number of hydrogen-bond donors (Lipinski definition) is 1. The maximum Gasteiger partial charge on any atom is 0.0978 e. The van der Waals surface area contributed by atoms with E-state index in [1.807, 2.05) is 24.4 Å². The maximum atomic E-state index is 10.7. The SMILES string of the molecule is Cc1ccc(Cc2cnccc2C(O)C=Cc2cc(C)ccc2C)cc1. The number of pyridine rings is 1. The quantitative estimate of drug-likeness (QED) is 0.678. The Morgan fingerprint density at radius 3 is 2.46 bits per heavy atom. The second kappa shape index (κ2) is 8.11. The van der Waals surface area contributed by atoms with Gasteiger partial charge in [0.1, 0.15) is 0 Å². The van der Waals surface area contributed by atoms with Gasteiger partial charge in [-0.25, -0.2) is 0 Å². The van der Waals surface area contributed by atoms with Gasteiger partial charge in [-0.05, 0) is 61.1 Å². The van der Waals surface area contributed by atoms with Crippen molar-refractivity contribution >= 4 is 6.08 Å². The Kier molecular flexibility index (Phi) is 5.65. The smallest absolute Gasteiger partial charge is 0.0978 e. The Bertz CT molecular complexity index is 910. The molecule has 0 radical (unpaired) electrons. The van der Waals surface area contributed by atoms with Gasteiger partial charge in [0.2, 0.25) is 0 Å². The molecule has 0 saturated carbocycles. The molecule has 0 amide bonds. The third-order valence-electron chi connectivity index (χ3n) is 4.67. The minimum atomic E-state index is -0.654. The van der Waals surface area contributed by atoms with Crippen molar-refractivity contribution in [2.45, 2.75) is 33.3 Å². The lowest BCUT2D eigenvalue weighted by atomic mass is 9.97. The average Bonchev–Trinajstić information content (AvgIpc) is 2.64. The van der Waals surface area contributed by atoms with E-state index in [1.54, 1.807) is 6.20 Å². The molecule has 0 fully saturated rings. The lowest BCUT2D eigenvalue weighted by Crippen LogP contribution is -2.01. The maximum absolute atomic E-state index is 10.7. The van der Waals surface area contributed by atoms with Crippen LogP contribution >= 0.6 is 0 Å². The standard InChI is InChI=1S/C24H25NO/c1-17-5-8-20(9-6-17)15-22-16-25-13-12-23(22)24(26)11-10-21-14-18(2)4-7-19(21)3/h4-14,16,24,26H,15H2,1-3H3. The number of aryl methyl sites for hydroxylation is 3. The van der Waals surface area contributed by atoms with Crippen LogP contribution in [0.1, 0.15) is 45.0 Å². The molecular formula is C24H25NO. The molecule has 1 atom stereocenters. The lowest BCUT2D eigenvalue weighted by molar-refractivity contribution is 0.228. The predicted octanol–water partition coefficient (Wildman–Crippen LogP) is 5.34. The van der Waals surface area contributed by atoms with Gasteiger partial charge in [0.15, 0.2) is 0 Å². The molecule has 1 N–H and O–H groups in total. The summed E-state index contributed by atoms with van der Waals surface area (Å²) in [5.74, 6) is 0. The third kappa shape index (κ3) is 4.47. The summed E-state index contributed by atoms with van der Waals surface area (Å²) in [4.78, 5) is 4.25. The average molecular weight is 343 g/mol. The van der Waals surface area contributed by atoms with Crippen LogP contribution in [0, 0.1) is 20.8 Å². The van der Waals surface area contributed by atoms with E-state index in [4.69, 9.17) is 0 Å². The minimum absolute atomic E-state index is 0.654. The summed E-state index contributed by atoms with van der Waals surface area (Å²) in [5, 5.41) is 10.7. The topological polar surface area (TPSA) is 33.1 Å². The van der Waals surface area contributed by atoms with Gasteiger partial charge in [-0.3, -0.25) is 4.98 Å². The first kappa shape index (κ1) is 18.1. The Hall–Kier alpha value is -2.71. The van der Waals surface area contributed by atoms with Gasteiger partial charge < -0.3 is 5.11 Å². The molecule has 1 unspecified atom stereocenters. The van der Waals surface area contributed by atoms with Gasteiger partial charge >= 0.3 is 0 Å². The normalized spacial score (nSPS) is 12.5. The third-order valence-corrected chi connectivity index (χ3v) is 4.67. The molecule has 132 valence electrons. The molecule has 26 heavy (non-hydrogen) atoms. The van der Waals surface area contributed by atoms with Crippen molar-refractivity contribution in [1.82, 2.24) is 4.98 Å². The molecule has 0 aliphatic heterocycles. The number of aromatic nitrogens is 1. The highest BCUT2D eigenvalue weighted by Crippen LogP contribution is 2.23. The Morgan fingerprint density at radius 1 is 0.962 bits per heavy atom. The zero-order valence-corrected chi connectivity index (χ0v) is 15.6. The molecule has 0 aliphatic rings. The van der Waals surface area contributed by atoms with Crippen LogP contribution in [0.3, 0.4) is 0 Å². The molecular weight excluding hydrogens is 318 g/mol. The summed E-state index contributed by atoms with van der Waals surface area (Å²) in [7, 11) is 0. The van der Waals surface area contributed by atoms with Crippen molar-refractivity contribution in [3.05, 3.63) is 106 Å². The van der Waals surface area contributed by atoms with Crippen molar-refractivity contribution in [2.24, 2.45) is 0 Å². The van der Waals surface area contributed by atoms with Gasteiger partial charge in [0.05, 0.1) is 6.10 Å². The van der Waals surface area contributed by atoms with Gasteiger partial charge in [-0.2, -0.15) is 0 Å². The zero-order valence-electron chi connectivity index (χ0n) is 15.6.